The largest absolute Gasteiger partial charge is 0.493 e. The Morgan fingerprint density at radius 2 is 1.88 bits per heavy atom. The molecule has 3 aromatic rings. The molecule has 0 spiro atoms. The molecule has 9 nitrogen and oxygen atoms in total. The summed E-state index contributed by atoms with van der Waals surface area (Å²) in [7, 11) is 1.62. The average molecular weight is 449 g/mol. The van der Waals surface area contributed by atoms with Crippen molar-refractivity contribution in [2.24, 2.45) is 0 Å². The van der Waals surface area contributed by atoms with Gasteiger partial charge in [0.2, 0.25) is 5.91 Å². The molecule has 1 N–H and O–H groups in total. The summed E-state index contributed by atoms with van der Waals surface area (Å²) in [6, 6.07) is 9.65. The minimum Gasteiger partial charge on any atom is -0.493 e. The standard InChI is InChI=1S/C24H28N6O3/c1-4-33-23-16(8-7-9-18(23)32-3)17-14-21(31)25-24-22(17)15(2)28-30(24)20-11-10-19(26-27-20)29-12-5-6-13-29/h7-11,17H,4-6,12-14H2,1-3H3,(H,25,31)/t17-/m1/s1. The molecule has 1 atom stereocenters. The first-order valence-electron chi connectivity index (χ1n) is 11.4. The van der Waals surface area contributed by atoms with Crippen LogP contribution in [0.5, 0.6) is 11.5 Å². The SMILES string of the molecule is CCOc1c(OC)cccc1[C@H]1CC(=O)Nc2c1c(C)nn2-c1ccc(N2CCCC2)nn1. The number of amides is 1. The number of carbonyl (C=O) groups excluding carboxylic acids is 1. The normalized spacial score (nSPS) is 17.6. The molecule has 33 heavy (non-hydrogen) atoms. The number of carbonyl (C=O) groups is 1. The highest BCUT2D eigenvalue weighted by Crippen LogP contribution is 2.45. The van der Waals surface area contributed by atoms with Gasteiger partial charge in [-0.1, -0.05) is 12.1 Å². The smallest absolute Gasteiger partial charge is 0.226 e. The first-order valence-corrected chi connectivity index (χ1v) is 11.4. The zero-order chi connectivity index (χ0) is 22.9. The topological polar surface area (TPSA) is 94.4 Å². The number of benzene rings is 1. The van der Waals surface area contributed by atoms with Gasteiger partial charge in [-0.25, -0.2) is 0 Å². The molecule has 2 aliphatic heterocycles. The number of aromatic nitrogens is 4. The van der Waals surface area contributed by atoms with Crippen LogP contribution in [0.25, 0.3) is 5.82 Å². The predicted molar refractivity (Wildman–Crippen MR) is 125 cm³/mol. The number of nitrogens with zero attached hydrogens (tertiary/aromatic N) is 5. The Balaban J connectivity index is 1.57. The van der Waals surface area contributed by atoms with Crippen LogP contribution >= 0.6 is 0 Å². The van der Waals surface area contributed by atoms with Gasteiger partial charge in [0.25, 0.3) is 0 Å². The highest BCUT2D eigenvalue weighted by molar-refractivity contribution is 5.95. The number of nitrogens with one attached hydrogen (secondary N) is 1. The van der Waals surface area contributed by atoms with Crippen LogP contribution in [0, 0.1) is 6.92 Å². The van der Waals surface area contributed by atoms with Crippen molar-refractivity contribution in [1.29, 1.82) is 0 Å². The number of para-hydroxylation sites is 1. The van der Waals surface area contributed by atoms with Crippen LogP contribution in [-0.2, 0) is 4.79 Å². The summed E-state index contributed by atoms with van der Waals surface area (Å²) >= 11 is 0. The molecule has 4 heterocycles. The van der Waals surface area contributed by atoms with Gasteiger partial charge in [0.15, 0.2) is 23.1 Å². The summed E-state index contributed by atoms with van der Waals surface area (Å²) in [5.74, 6) is 3.08. The molecular weight excluding hydrogens is 420 g/mol. The van der Waals surface area contributed by atoms with Crippen molar-refractivity contribution in [3.63, 3.8) is 0 Å². The van der Waals surface area contributed by atoms with Crippen molar-refractivity contribution in [3.05, 3.63) is 47.2 Å². The van der Waals surface area contributed by atoms with Gasteiger partial charge in [0.1, 0.15) is 5.82 Å². The average Bonchev–Trinajstić information content (AvgIpc) is 3.48. The van der Waals surface area contributed by atoms with E-state index < -0.39 is 0 Å². The maximum absolute atomic E-state index is 12.8. The Bertz CT molecular complexity index is 1170. The Kier molecular flexibility index (Phi) is 5.62. The van der Waals surface area contributed by atoms with Crippen LogP contribution in [0.15, 0.2) is 30.3 Å². The first kappa shape index (κ1) is 21.2. The van der Waals surface area contributed by atoms with Crippen LogP contribution in [0.4, 0.5) is 11.6 Å². The van der Waals surface area contributed by atoms with E-state index in [9.17, 15) is 4.79 Å². The highest BCUT2D eigenvalue weighted by atomic mass is 16.5. The first-order chi connectivity index (χ1) is 16.1. The quantitative estimate of drug-likeness (QED) is 0.617. The molecule has 2 aliphatic rings. The minimum atomic E-state index is -0.212. The molecule has 0 bridgehead atoms. The molecule has 0 saturated carbocycles. The lowest BCUT2D eigenvalue weighted by Gasteiger charge is -2.26. The van der Waals surface area contributed by atoms with Gasteiger partial charge < -0.3 is 19.7 Å². The summed E-state index contributed by atoms with van der Waals surface area (Å²) < 4.78 is 13.2. The summed E-state index contributed by atoms with van der Waals surface area (Å²) in [6.07, 6.45) is 2.65. The summed E-state index contributed by atoms with van der Waals surface area (Å²) in [6.45, 7) is 6.39. The molecule has 1 aromatic carbocycles. The highest BCUT2D eigenvalue weighted by Gasteiger charge is 2.35. The van der Waals surface area contributed by atoms with E-state index in [0.717, 1.165) is 35.7 Å². The van der Waals surface area contributed by atoms with E-state index in [1.165, 1.54) is 12.8 Å². The third-order valence-electron chi connectivity index (χ3n) is 6.28. The summed E-state index contributed by atoms with van der Waals surface area (Å²) in [5.41, 5.74) is 2.69. The molecule has 1 fully saturated rings. The van der Waals surface area contributed by atoms with Gasteiger partial charge >= 0.3 is 0 Å². The number of hydrogen-bond acceptors (Lipinski definition) is 7. The minimum absolute atomic E-state index is 0.0828. The van der Waals surface area contributed by atoms with Crippen molar-refractivity contribution < 1.29 is 14.3 Å². The third kappa shape index (κ3) is 3.77. The lowest BCUT2D eigenvalue weighted by molar-refractivity contribution is -0.116. The molecule has 0 aliphatic carbocycles. The summed E-state index contributed by atoms with van der Waals surface area (Å²) in [5, 5.41) is 16.6. The van der Waals surface area contributed by atoms with Gasteiger partial charge in [0.05, 0.1) is 19.4 Å². The van der Waals surface area contributed by atoms with E-state index in [1.807, 2.05) is 44.2 Å². The van der Waals surface area contributed by atoms with Gasteiger partial charge in [-0.3, -0.25) is 4.79 Å². The fourth-order valence-corrected chi connectivity index (χ4v) is 4.79. The Morgan fingerprint density at radius 3 is 2.58 bits per heavy atom. The molecular formula is C24H28N6O3. The number of rotatable bonds is 6. The van der Waals surface area contributed by atoms with E-state index in [2.05, 4.69) is 20.4 Å². The molecule has 2 aromatic heterocycles. The van der Waals surface area contributed by atoms with Gasteiger partial charge in [0, 0.05) is 36.6 Å². The second-order valence-corrected chi connectivity index (χ2v) is 8.32. The number of methoxy groups -OCH3 is 1. The van der Waals surface area contributed by atoms with Crippen LogP contribution in [0.3, 0.4) is 0 Å². The second kappa shape index (κ2) is 8.73. The zero-order valence-corrected chi connectivity index (χ0v) is 19.2. The van der Waals surface area contributed by atoms with Crippen LogP contribution in [-0.4, -0.2) is 52.7 Å². The van der Waals surface area contributed by atoms with Gasteiger partial charge in [-0.05, 0) is 44.9 Å². The number of ether oxygens (including phenoxy) is 2. The van der Waals surface area contributed by atoms with Crippen LogP contribution in [0.2, 0.25) is 0 Å². The number of anilines is 2. The van der Waals surface area contributed by atoms with Crippen molar-refractivity contribution in [1.82, 2.24) is 20.0 Å². The maximum Gasteiger partial charge on any atom is 0.226 e. The molecule has 9 heteroatoms. The van der Waals surface area contributed by atoms with E-state index in [0.29, 0.717) is 36.2 Å². The monoisotopic (exact) mass is 448 g/mol. The van der Waals surface area contributed by atoms with Crippen molar-refractivity contribution >= 4 is 17.5 Å². The van der Waals surface area contributed by atoms with E-state index in [-0.39, 0.29) is 11.8 Å². The van der Waals surface area contributed by atoms with E-state index in [4.69, 9.17) is 14.6 Å². The van der Waals surface area contributed by atoms with Gasteiger partial charge in [-0.2, -0.15) is 9.78 Å². The Morgan fingerprint density at radius 1 is 1.12 bits per heavy atom. The molecule has 172 valence electrons. The third-order valence-corrected chi connectivity index (χ3v) is 6.28. The van der Waals surface area contributed by atoms with Crippen LogP contribution < -0.4 is 19.7 Å². The second-order valence-electron chi connectivity index (χ2n) is 8.32. The van der Waals surface area contributed by atoms with Gasteiger partial charge in [-0.15, -0.1) is 10.2 Å². The number of fused-ring (bicyclic) bond motifs is 1. The fraction of sp³-hybridized carbons (Fsp3) is 0.417. The van der Waals surface area contributed by atoms with E-state index in [1.54, 1.807) is 11.8 Å². The lowest BCUT2D eigenvalue weighted by Crippen LogP contribution is -2.25. The van der Waals surface area contributed by atoms with Crippen molar-refractivity contribution in [2.75, 3.05) is 37.0 Å². The molecule has 0 unspecified atom stereocenters. The number of aryl methyl sites for hydroxylation is 1. The van der Waals surface area contributed by atoms with E-state index >= 15 is 0 Å². The Hall–Kier alpha value is -3.62. The summed E-state index contributed by atoms with van der Waals surface area (Å²) in [4.78, 5) is 15.0. The predicted octanol–water partition coefficient (Wildman–Crippen LogP) is 3.45. The number of hydrogen-bond donors (Lipinski definition) is 1. The zero-order valence-electron chi connectivity index (χ0n) is 19.2. The van der Waals surface area contributed by atoms with Crippen molar-refractivity contribution in [2.45, 2.75) is 39.0 Å². The van der Waals surface area contributed by atoms with Crippen molar-refractivity contribution in [3.8, 4) is 17.3 Å². The Labute approximate surface area is 192 Å². The molecule has 1 saturated heterocycles. The fourth-order valence-electron chi connectivity index (χ4n) is 4.79. The lowest BCUT2D eigenvalue weighted by atomic mass is 9.85. The molecule has 0 radical (unpaired) electrons. The molecule has 1 amide bonds. The van der Waals surface area contributed by atoms with Crippen LogP contribution in [0.1, 0.15) is 48.9 Å². The maximum atomic E-state index is 12.8. The molecule has 5 rings (SSSR count).